The van der Waals surface area contributed by atoms with Crippen molar-refractivity contribution >= 4 is 11.7 Å². The zero-order chi connectivity index (χ0) is 10.8. The third-order valence-electron chi connectivity index (χ3n) is 2.46. The Labute approximate surface area is 87.1 Å². The van der Waals surface area contributed by atoms with Gasteiger partial charge in [-0.3, -0.25) is 0 Å². The van der Waals surface area contributed by atoms with Crippen LogP contribution in [0.25, 0.3) is 0 Å². The summed E-state index contributed by atoms with van der Waals surface area (Å²) in [5.41, 5.74) is 1.65. The first kappa shape index (κ1) is 9.76. The number of ether oxygens (including phenoxy) is 1. The third kappa shape index (κ3) is 1.86. The zero-order valence-corrected chi connectivity index (χ0v) is 8.36. The van der Waals surface area contributed by atoms with E-state index in [1.807, 2.05) is 0 Å². The van der Waals surface area contributed by atoms with Gasteiger partial charge in [0.1, 0.15) is 6.04 Å². The Hall–Kier alpha value is -1.78. The molecule has 5 heteroatoms. The smallest absolute Gasteiger partial charge is 0.326 e. The van der Waals surface area contributed by atoms with Crippen molar-refractivity contribution in [3.8, 4) is 5.88 Å². The molecule has 15 heavy (non-hydrogen) atoms. The van der Waals surface area contributed by atoms with Crippen molar-refractivity contribution in [3.05, 3.63) is 17.8 Å². The SMILES string of the molecule is COc1ccc2c(n1)CCC(C(=O)O)N2. The minimum Gasteiger partial charge on any atom is -0.481 e. The minimum absolute atomic E-state index is 0.507. The lowest BCUT2D eigenvalue weighted by Crippen LogP contribution is -2.33. The highest BCUT2D eigenvalue weighted by Gasteiger charge is 2.24. The maximum Gasteiger partial charge on any atom is 0.326 e. The van der Waals surface area contributed by atoms with E-state index in [0.29, 0.717) is 18.7 Å². The summed E-state index contributed by atoms with van der Waals surface area (Å²) in [6.07, 6.45) is 1.22. The van der Waals surface area contributed by atoms with Gasteiger partial charge in [0.05, 0.1) is 18.5 Å². The highest BCUT2D eigenvalue weighted by molar-refractivity contribution is 5.78. The van der Waals surface area contributed by atoms with Crippen molar-refractivity contribution < 1.29 is 14.6 Å². The summed E-state index contributed by atoms with van der Waals surface area (Å²) in [5.74, 6) is -0.263. The number of fused-ring (bicyclic) bond motifs is 1. The molecule has 0 spiro atoms. The number of pyridine rings is 1. The van der Waals surface area contributed by atoms with Gasteiger partial charge in [0.15, 0.2) is 0 Å². The molecule has 0 saturated carbocycles. The van der Waals surface area contributed by atoms with Crippen LogP contribution in [0.3, 0.4) is 0 Å². The Kier molecular flexibility index (Phi) is 2.45. The highest BCUT2D eigenvalue weighted by atomic mass is 16.5. The van der Waals surface area contributed by atoms with E-state index in [2.05, 4.69) is 10.3 Å². The van der Waals surface area contributed by atoms with Crippen LogP contribution in [0, 0.1) is 0 Å². The number of carboxylic acids is 1. The van der Waals surface area contributed by atoms with Crippen LogP contribution >= 0.6 is 0 Å². The number of aromatic nitrogens is 1. The molecule has 0 aliphatic carbocycles. The summed E-state index contributed by atoms with van der Waals surface area (Å²) in [5, 5.41) is 11.8. The van der Waals surface area contributed by atoms with Gasteiger partial charge >= 0.3 is 5.97 Å². The summed E-state index contributed by atoms with van der Waals surface area (Å²) in [4.78, 5) is 15.0. The Morgan fingerprint density at radius 1 is 1.67 bits per heavy atom. The fourth-order valence-corrected chi connectivity index (χ4v) is 1.64. The van der Waals surface area contributed by atoms with Gasteiger partial charge in [-0.15, -0.1) is 0 Å². The summed E-state index contributed by atoms with van der Waals surface area (Å²) in [6, 6.07) is 3.01. The number of rotatable bonds is 2. The molecule has 1 aromatic rings. The first-order chi connectivity index (χ1) is 7.20. The maximum absolute atomic E-state index is 10.8. The second-order valence-corrected chi connectivity index (χ2v) is 3.42. The number of methoxy groups -OCH3 is 1. The Morgan fingerprint density at radius 2 is 2.47 bits per heavy atom. The van der Waals surface area contributed by atoms with E-state index in [-0.39, 0.29) is 0 Å². The number of hydrogen-bond donors (Lipinski definition) is 2. The van der Waals surface area contributed by atoms with Gasteiger partial charge in [-0.2, -0.15) is 0 Å². The van der Waals surface area contributed by atoms with Gasteiger partial charge in [-0.05, 0) is 18.9 Å². The molecule has 0 saturated heterocycles. The van der Waals surface area contributed by atoms with Crippen LogP contribution in [-0.2, 0) is 11.2 Å². The second kappa shape index (κ2) is 3.76. The molecule has 1 atom stereocenters. The number of nitrogens with one attached hydrogen (secondary N) is 1. The minimum atomic E-state index is -0.823. The first-order valence-corrected chi connectivity index (χ1v) is 4.74. The Bertz CT molecular complexity index is 392. The van der Waals surface area contributed by atoms with Crippen LogP contribution < -0.4 is 10.1 Å². The monoisotopic (exact) mass is 208 g/mol. The summed E-state index contributed by atoms with van der Waals surface area (Å²) < 4.78 is 5.00. The fourth-order valence-electron chi connectivity index (χ4n) is 1.64. The number of hydrogen-bond acceptors (Lipinski definition) is 4. The van der Waals surface area contributed by atoms with Crippen molar-refractivity contribution in [2.24, 2.45) is 0 Å². The van der Waals surface area contributed by atoms with Crippen LogP contribution in [0.1, 0.15) is 12.1 Å². The molecule has 2 rings (SSSR count). The van der Waals surface area contributed by atoms with Gasteiger partial charge in [0.2, 0.25) is 5.88 Å². The van der Waals surface area contributed by atoms with Gasteiger partial charge in [-0.25, -0.2) is 9.78 Å². The number of carbonyl (C=O) groups is 1. The highest BCUT2D eigenvalue weighted by Crippen LogP contribution is 2.25. The predicted octanol–water partition coefficient (Wildman–Crippen LogP) is 0.901. The molecule has 1 aromatic heterocycles. The quantitative estimate of drug-likeness (QED) is 0.755. The molecule has 2 N–H and O–H groups in total. The third-order valence-corrected chi connectivity index (χ3v) is 2.46. The van der Waals surface area contributed by atoms with Crippen molar-refractivity contribution in [1.29, 1.82) is 0 Å². The predicted molar refractivity (Wildman–Crippen MR) is 54.2 cm³/mol. The number of aryl methyl sites for hydroxylation is 1. The Balaban J connectivity index is 2.24. The lowest BCUT2D eigenvalue weighted by Gasteiger charge is -2.23. The van der Waals surface area contributed by atoms with E-state index in [9.17, 15) is 4.79 Å². The van der Waals surface area contributed by atoms with Crippen LogP contribution in [0.2, 0.25) is 0 Å². The number of nitrogens with zero attached hydrogens (tertiary/aromatic N) is 1. The molecule has 1 aliphatic rings. The largest absolute Gasteiger partial charge is 0.481 e. The van der Waals surface area contributed by atoms with E-state index >= 15 is 0 Å². The summed E-state index contributed by atoms with van der Waals surface area (Å²) in [7, 11) is 1.56. The molecular formula is C10H12N2O3. The molecule has 0 fully saturated rings. The molecule has 0 radical (unpaired) electrons. The van der Waals surface area contributed by atoms with Crippen LogP contribution in [0.15, 0.2) is 12.1 Å². The average Bonchev–Trinajstić information content (AvgIpc) is 2.27. The maximum atomic E-state index is 10.8. The van der Waals surface area contributed by atoms with E-state index < -0.39 is 12.0 Å². The lowest BCUT2D eigenvalue weighted by molar-refractivity contribution is -0.138. The van der Waals surface area contributed by atoms with Crippen LogP contribution in [0.5, 0.6) is 5.88 Å². The average molecular weight is 208 g/mol. The van der Waals surface area contributed by atoms with Crippen molar-refractivity contribution in [1.82, 2.24) is 4.98 Å². The molecule has 2 heterocycles. The molecule has 80 valence electrons. The molecule has 0 bridgehead atoms. The molecule has 0 aromatic carbocycles. The van der Waals surface area contributed by atoms with Gasteiger partial charge in [0, 0.05) is 6.07 Å². The van der Waals surface area contributed by atoms with Gasteiger partial charge in [0.25, 0.3) is 0 Å². The summed E-state index contributed by atoms with van der Waals surface area (Å²) >= 11 is 0. The van der Waals surface area contributed by atoms with Crippen molar-refractivity contribution in [3.63, 3.8) is 0 Å². The van der Waals surface area contributed by atoms with Crippen LogP contribution in [0.4, 0.5) is 5.69 Å². The standard InChI is InChI=1S/C10H12N2O3/c1-15-9-5-4-6-7(12-9)2-3-8(11-6)10(13)14/h4-5,8,11H,2-3H2,1H3,(H,13,14). The normalized spacial score (nSPS) is 18.9. The molecule has 1 aliphatic heterocycles. The zero-order valence-electron chi connectivity index (χ0n) is 8.36. The van der Waals surface area contributed by atoms with E-state index in [1.165, 1.54) is 0 Å². The lowest BCUT2D eigenvalue weighted by atomic mass is 10.0. The fraction of sp³-hybridized carbons (Fsp3) is 0.400. The topological polar surface area (TPSA) is 71.5 Å². The summed E-state index contributed by atoms with van der Waals surface area (Å²) in [6.45, 7) is 0. The number of aliphatic carboxylic acids is 1. The number of carboxylic acid groups (broad SMARTS) is 1. The molecular weight excluding hydrogens is 196 g/mol. The second-order valence-electron chi connectivity index (χ2n) is 3.42. The molecule has 1 unspecified atom stereocenters. The first-order valence-electron chi connectivity index (χ1n) is 4.74. The van der Waals surface area contributed by atoms with Crippen molar-refractivity contribution in [2.45, 2.75) is 18.9 Å². The van der Waals surface area contributed by atoms with Crippen molar-refractivity contribution in [2.75, 3.05) is 12.4 Å². The van der Waals surface area contributed by atoms with Gasteiger partial charge in [-0.1, -0.05) is 0 Å². The molecule has 5 nitrogen and oxygen atoms in total. The number of anilines is 1. The van der Waals surface area contributed by atoms with E-state index in [0.717, 1.165) is 11.4 Å². The van der Waals surface area contributed by atoms with E-state index in [4.69, 9.17) is 9.84 Å². The van der Waals surface area contributed by atoms with Crippen LogP contribution in [-0.4, -0.2) is 29.2 Å². The van der Waals surface area contributed by atoms with Gasteiger partial charge < -0.3 is 15.2 Å². The Morgan fingerprint density at radius 3 is 3.13 bits per heavy atom. The molecule has 0 amide bonds. The van der Waals surface area contributed by atoms with E-state index in [1.54, 1.807) is 19.2 Å².